The van der Waals surface area contributed by atoms with E-state index in [1.165, 1.54) is 17.7 Å². The molecule has 0 unspecified atom stereocenters. The first-order chi connectivity index (χ1) is 13.1. The van der Waals surface area contributed by atoms with Gasteiger partial charge in [0.25, 0.3) is 11.3 Å². The molecule has 1 aliphatic rings. The van der Waals surface area contributed by atoms with Crippen molar-refractivity contribution in [3.63, 3.8) is 0 Å². The smallest absolute Gasteiger partial charge is 0.323 e. The minimum atomic E-state index is -0.385. The average Bonchev–Trinajstić information content (AvgIpc) is 3.25. The number of ether oxygens (including phenoxy) is 1. The maximum absolute atomic E-state index is 12.3. The predicted octanol–water partition coefficient (Wildman–Crippen LogP) is 0.878. The lowest BCUT2D eigenvalue weighted by atomic mass is 10.0. The summed E-state index contributed by atoms with van der Waals surface area (Å²) in [6, 6.07) is 11.1. The van der Waals surface area contributed by atoms with Gasteiger partial charge in [-0.1, -0.05) is 30.3 Å². The van der Waals surface area contributed by atoms with E-state index in [2.05, 4.69) is 15.1 Å². The van der Waals surface area contributed by atoms with Gasteiger partial charge in [0.1, 0.15) is 6.04 Å². The van der Waals surface area contributed by atoms with Crippen LogP contribution >= 0.6 is 0 Å². The summed E-state index contributed by atoms with van der Waals surface area (Å²) in [4.78, 5) is 35.1. The fourth-order valence-corrected chi connectivity index (χ4v) is 3.72. The molecule has 4 rings (SSSR count). The molecule has 0 radical (unpaired) electrons. The molecule has 9 heteroatoms. The largest absolute Gasteiger partial charge is 0.468 e. The Bertz CT molecular complexity index is 1030. The molecule has 2 aromatic heterocycles. The van der Waals surface area contributed by atoms with Crippen LogP contribution in [0.25, 0.3) is 5.78 Å². The zero-order chi connectivity index (χ0) is 19.0. The second-order valence-corrected chi connectivity index (χ2v) is 6.55. The van der Waals surface area contributed by atoms with Crippen LogP contribution in [-0.4, -0.2) is 43.6 Å². The van der Waals surface area contributed by atoms with E-state index in [9.17, 15) is 9.59 Å². The number of carbonyl (C=O) groups excluding carboxylic acids is 1. The standard InChI is InChI=1S/C18H20N6O3/c1-27-16(26)14-8-7-13(11-5-3-2-4-6-11)23(14)10-12-9-15(25)24-18(20-12)21-17(19)22-24/h2-6,9,13-14H,7-8,10H2,1H3,(H3,19,20,21,22)/t13-,14+/m0/s1. The number of esters is 1. The van der Waals surface area contributed by atoms with Crippen LogP contribution in [0.4, 0.5) is 5.95 Å². The number of nitrogen functional groups attached to an aromatic ring is 1. The van der Waals surface area contributed by atoms with Crippen LogP contribution in [0.15, 0.2) is 41.2 Å². The molecule has 0 bridgehead atoms. The topological polar surface area (TPSA) is 119 Å². The van der Waals surface area contributed by atoms with Crippen LogP contribution in [0.3, 0.4) is 0 Å². The summed E-state index contributed by atoms with van der Waals surface area (Å²) < 4.78 is 6.17. The Morgan fingerprint density at radius 1 is 1.30 bits per heavy atom. The first-order valence-corrected chi connectivity index (χ1v) is 8.69. The molecule has 3 heterocycles. The number of nitrogens with zero attached hydrogens (tertiary/aromatic N) is 4. The number of nitrogens with one attached hydrogen (secondary N) is 1. The summed E-state index contributed by atoms with van der Waals surface area (Å²) in [7, 11) is 1.39. The first-order valence-electron chi connectivity index (χ1n) is 8.69. The molecule has 1 saturated heterocycles. The number of likely N-dealkylation sites (tertiary alicyclic amines) is 1. The number of aromatic nitrogens is 4. The fraction of sp³-hybridized carbons (Fsp3) is 0.333. The third-order valence-electron chi connectivity index (χ3n) is 4.92. The van der Waals surface area contributed by atoms with Gasteiger partial charge in [0.15, 0.2) is 0 Å². The number of carbonyl (C=O) groups is 1. The Morgan fingerprint density at radius 3 is 2.81 bits per heavy atom. The van der Waals surface area contributed by atoms with Gasteiger partial charge in [-0.2, -0.15) is 9.50 Å². The highest BCUT2D eigenvalue weighted by Crippen LogP contribution is 2.37. The zero-order valence-corrected chi connectivity index (χ0v) is 14.8. The molecule has 0 aliphatic carbocycles. The van der Waals surface area contributed by atoms with Crippen LogP contribution < -0.4 is 11.3 Å². The number of methoxy groups -OCH3 is 1. The van der Waals surface area contributed by atoms with Crippen molar-refractivity contribution in [1.29, 1.82) is 0 Å². The third kappa shape index (κ3) is 3.17. The molecule has 140 valence electrons. The number of rotatable bonds is 4. The van der Waals surface area contributed by atoms with Crippen LogP contribution in [0.1, 0.15) is 30.1 Å². The zero-order valence-electron chi connectivity index (χ0n) is 14.8. The molecule has 27 heavy (non-hydrogen) atoms. The van der Waals surface area contributed by atoms with E-state index in [0.717, 1.165) is 12.0 Å². The highest BCUT2D eigenvalue weighted by molar-refractivity contribution is 5.76. The van der Waals surface area contributed by atoms with Crippen molar-refractivity contribution in [3.05, 3.63) is 58.0 Å². The first kappa shape index (κ1) is 17.2. The second-order valence-electron chi connectivity index (χ2n) is 6.55. The van der Waals surface area contributed by atoms with E-state index in [1.54, 1.807) is 0 Å². The van der Waals surface area contributed by atoms with Crippen molar-refractivity contribution in [1.82, 2.24) is 24.5 Å². The van der Waals surface area contributed by atoms with Gasteiger partial charge in [0.05, 0.1) is 12.8 Å². The van der Waals surface area contributed by atoms with Gasteiger partial charge in [0, 0.05) is 18.7 Å². The van der Waals surface area contributed by atoms with Crippen molar-refractivity contribution in [2.24, 2.45) is 0 Å². The van der Waals surface area contributed by atoms with Gasteiger partial charge >= 0.3 is 5.97 Å². The number of hydrogen-bond donors (Lipinski definition) is 2. The minimum absolute atomic E-state index is 0.0415. The molecule has 0 saturated carbocycles. The SMILES string of the molecule is COC(=O)[C@H]1CC[C@@H](c2ccccc2)N1Cc1cc(=O)n2[nH]c(N)nc2n1. The summed E-state index contributed by atoms with van der Waals surface area (Å²) in [6.07, 6.45) is 1.50. The summed E-state index contributed by atoms with van der Waals surface area (Å²) in [6.45, 7) is 0.331. The van der Waals surface area contributed by atoms with Gasteiger partial charge in [-0.25, -0.2) is 4.98 Å². The van der Waals surface area contributed by atoms with Crippen molar-refractivity contribution in [3.8, 4) is 0 Å². The van der Waals surface area contributed by atoms with E-state index < -0.39 is 0 Å². The molecule has 0 spiro atoms. The molecule has 2 atom stereocenters. The van der Waals surface area contributed by atoms with Crippen molar-refractivity contribution in [2.75, 3.05) is 12.8 Å². The Labute approximate surface area is 154 Å². The van der Waals surface area contributed by atoms with E-state index in [4.69, 9.17) is 10.5 Å². The Balaban J connectivity index is 1.70. The number of benzene rings is 1. The minimum Gasteiger partial charge on any atom is -0.468 e. The van der Waals surface area contributed by atoms with E-state index >= 15 is 0 Å². The summed E-state index contributed by atoms with van der Waals surface area (Å²) in [5.74, 6) is 0.0443. The van der Waals surface area contributed by atoms with Gasteiger partial charge in [-0.15, -0.1) is 0 Å². The van der Waals surface area contributed by atoms with Crippen LogP contribution in [0.5, 0.6) is 0 Å². The van der Waals surface area contributed by atoms with Crippen LogP contribution in [0.2, 0.25) is 0 Å². The van der Waals surface area contributed by atoms with E-state index in [0.29, 0.717) is 18.7 Å². The number of anilines is 1. The molecule has 0 amide bonds. The van der Waals surface area contributed by atoms with Crippen molar-refractivity contribution in [2.45, 2.75) is 31.5 Å². The summed E-state index contributed by atoms with van der Waals surface area (Å²) >= 11 is 0. The number of hydrogen-bond acceptors (Lipinski definition) is 7. The quantitative estimate of drug-likeness (QED) is 0.656. The molecular weight excluding hydrogens is 348 g/mol. The fourth-order valence-electron chi connectivity index (χ4n) is 3.72. The lowest BCUT2D eigenvalue weighted by molar-refractivity contribution is -0.146. The highest BCUT2D eigenvalue weighted by atomic mass is 16.5. The van der Waals surface area contributed by atoms with E-state index in [1.807, 2.05) is 35.2 Å². The molecule has 3 N–H and O–H groups in total. The molecule has 1 aliphatic heterocycles. The second kappa shape index (κ2) is 6.84. The van der Waals surface area contributed by atoms with Crippen molar-refractivity contribution < 1.29 is 9.53 Å². The predicted molar refractivity (Wildman–Crippen MR) is 97.8 cm³/mol. The lowest BCUT2D eigenvalue weighted by Gasteiger charge is -2.28. The number of aromatic amines is 1. The van der Waals surface area contributed by atoms with Crippen LogP contribution in [0, 0.1) is 0 Å². The van der Waals surface area contributed by atoms with E-state index in [-0.39, 0.29) is 35.3 Å². The molecule has 3 aromatic rings. The molecule has 9 nitrogen and oxygen atoms in total. The maximum atomic E-state index is 12.3. The number of fused-ring (bicyclic) bond motifs is 1. The van der Waals surface area contributed by atoms with Crippen LogP contribution in [-0.2, 0) is 16.1 Å². The van der Waals surface area contributed by atoms with Gasteiger partial charge < -0.3 is 10.5 Å². The summed E-state index contributed by atoms with van der Waals surface area (Å²) in [5, 5.41) is 2.64. The molecule has 1 aromatic carbocycles. The van der Waals surface area contributed by atoms with Gasteiger partial charge in [-0.05, 0) is 18.4 Å². The third-order valence-corrected chi connectivity index (χ3v) is 4.92. The Kier molecular flexibility index (Phi) is 4.36. The normalized spacial score (nSPS) is 20.2. The number of nitrogens with two attached hydrogens (primary N) is 1. The van der Waals surface area contributed by atoms with Crippen molar-refractivity contribution >= 4 is 17.7 Å². The van der Waals surface area contributed by atoms with Gasteiger partial charge in [0.2, 0.25) is 5.95 Å². The lowest BCUT2D eigenvalue weighted by Crippen LogP contribution is -2.38. The number of H-pyrrole nitrogens is 1. The summed E-state index contributed by atoms with van der Waals surface area (Å²) in [5.41, 5.74) is 6.96. The van der Waals surface area contributed by atoms with Gasteiger partial charge in [-0.3, -0.25) is 19.6 Å². The Morgan fingerprint density at radius 2 is 2.07 bits per heavy atom. The Hall–Kier alpha value is -3.20. The molecular formula is C18H20N6O3. The molecule has 1 fully saturated rings. The highest BCUT2D eigenvalue weighted by Gasteiger charge is 2.39. The average molecular weight is 368 g/mol. The monoisotopic (exact) mass is 368 g/mol. The maximum Gasteiger partial charge on any atom is 0.323 e.